The van der Waals surface area contributed by atoms with E-state index in [0.717, 1.165) is 34.9 Å². The molecule has 0 fully saturated rings. The van der Waals surface area contributed by atoms with E-state index in [1.807, 2.05) is 48.0 Å². The maximum absolute atomic E-state index is 12.6. The zero-order chi connectivity index (χ0) is 17.9. The summed E-state index contributed by atoms with van der Waals surface area (Å²) in [6.45, 7) is 0. The van der Waals surface area contributed by atoms with Gasteiger partial charge in [0.2, 0.25) is 0 Å². The highest BCUT2D eigenvalue weighted by molar-refractivity contribution is 7.99. The Morgan fingerprint density at radius 1 is 1.04 bits per heavy atom. The van der Waals surface area contributed by atoms with Gasteiger partial charge in [-0.1, -0.05) is 54.2 Å². The van der Waals surface area contributed by atoms with Crippen LogP contribution in [0.25, 0.3) is 11.4 Å². The van der Waals surface area contributed by atoms with Crippen LogP contribution >= 0.6 is 11.8 Å². The van der Waals surface area contributed by atoms with Crippen molar-refractivity contribution in [3.8, 4) is 11.4 Å². The molecule has 2 aromatic carbocycles. The molecule has 0 aliphatic heterocycles. The molecule has 1 aromatic heterocycles. The molecule has 0 radical (unpaired) electrons. The van der Waals surface area contributed by atoms with Crippen molar-refractivity contribution in [3.63, 3.8) is 0 Å². The lowest BCUT2D eigenvalue weighted by atomic mass is 9.90. The van der Waals surface area contributed by atoms with Crippen molar-refractivity contribution in [3.05, 3.63) is 65.2 Å². The Morgan fingerprint density at radius 3 is 2.62 bits per heavy atom. The highest BCUT2D eigenvalue weighted by Crippen LogP contribution is 2.25. The molecule has 0 unspecified atom stereocenters. The lowest BCUT2D eigenvalue weighted by Crippen LogP contribution is -2.08. The third kappa shape index (κ3) is 3.44. The molecular formula is C21H21N3OS. The minimum atomic E-state index is 0.146. The summed E-state index contributed by atoms with van der Waals surface area (Å²) in [7, 11) is 1.94. The first-order valence-electron chi connectivity index (χ1n) is 8.95. The second-order valence-corrected chi connectivity index (χ2v) is 7.58. The Balaban J connectivity index is 1.46. The molecule has 4 rings (SSSR count). The van der Waals surface area contributed by atoms with E-state index in [0.29, 0.717) is 5.75 Å². The first kappa shape index (κ1) is 17.0. The van der Waals surface area contributed by atoms with Crippen LogP contribution in [0.15, 0.2) is 53.7 Å². The number of ketones is 1. The van der Waals surface area contributed by atoms with Crippen molar-refractivity contribution in [1.29, 1.82) is 0 Å². The van der Waals surface area contributed by atoms with Gasteiger partial charge >= 0.3 is 0 Å². The number of thioether (sulfide) groups is 1. The molecular weight excluding hydrogens is 342 g/mol. The van der Waals surface area contributed by atoms with Crippen molar-refractivity contribution >= 4 is 17.5 Å². The fourth-order valence-electron chi connectivity index (χ4n) is 3.40. The average molecular weight is 363 g/mol. The summed E-state index contributed by atoms with van der Waals surface area (Å²) in [4.78, 5) is 12.6. The Morgan fingerprint density at radius 2 is 1.81 bits per heavy atom. The number of aryl methyl sites for hydroxylation is 2. The Bertz CT molecular complexity index is 934. The maximum Gasteiger partial charge on any atom is 0.191 e. The topological polar surface area (TPSA) is 47.8 Å². The fraction of sp³-hybridized carbons (Fsp3) is 0.286. The van der Waals surface area contributed by atoms with Gasteiger partial charge < -0.3 is 4.57 Å². The normalized spacial score (nSPS) is 13.4. The van der Waals surface area contributed by atoms with E-state index in [4.69, 9.17) is 0 Å². The standard InChI is InChI=1S/C21H21N3OS/c1-24-20(16-8-3-2-4-9-16)22-23-21(24)26-14-19(25)18-12-11-15-7-5-6-10-17(15)13-18/h2-4,8-9,11-13H,5-7,10,14H2,1H3. The number of aromatic nitrogens is 3. The van der Waals surface area contributed by atoms with E-state index in [1.54, 1.807) is 0 Å². The van der Waals surface area contributed by atoms with Crippen LogP contribution in [0.3, 0.4) is 0 Å². The van der Waals surface area contributed by atoms with E-state index in [1.165, 1.54) is 35.7 Å². The predicted molar refractivity (Wildman–Crippen MR) is 105 cm³/mol. The van der Waals surface area contributed by atoms with Gasteiger partial charge in [-0.2, -0.15) is 0 Å². The first-order chi connectivity index (χ1) is 12.7. The van der Waals surface area contributed by atoms with Gasteiger partial charge in [0.25, 0.3) is 0 Å². The number of carbonyl (C=O) groups is 1. The molecule has 0 saturated heterocycles. The predicted octanol–water partition coefficient (Wildman–Crippen LogP) is 4.34. The van der Waals surface area contributed by atoms with Gasteiger partial charge in [0, 0.05) is 18.2 Å². The van der Waals surface area contributed by atoms with Gasteiger partial charge in [-0.15, -0.1) is 10.2 Å². The summed E-state index contributed by atoms with van der Waals surface area (Å²) in [5.74, 6) is 1.33. The van der Waals surface area contributed by atoms with E-state index < -0.39 is 0 Å². The smallest absolute Gasteiger partial charge is 0.191 e. The summed E-state index contributed by atoms with van der Waals surface area (Å²) in [5, 5.41) is 9.29. The van der Waals surface area contributed by atoms with Crippen LogP contribution in [-0.4, -0.2) is 26.3 Å². The molecule has 0 saturated carbocycles. The van der Waals surface area contributed by atoms with E-state index in [2.05, 4.69) is 22.3 Å². The molecule has 5 heteroatoms. The van der Waals surface area contributed by atoms with Gasteiger partial charge in [-0.3, -0.25) is 4.79 Å². The third-order valence-corrected chi connectivity index (χ3v) is 5.89. The molecule has 26 heavy (non-hydrogen) atoms. The zero-order valence-electron chi connectivity index (χ0n) is 14.8. The maximum atomic E-state index is 12.6. The summed E-state index contributed by atoms with van der Waals surface area (Å²) in [5.41, 5.74) is 4.58. The number of benzene rings is 2. The average Bonchev–Trinajstić information content (AvgIpc) is 3.07. The molecule has 3 aromatic rings. The molecule has 0 bridgehead atoms. The molecule has 0 amide bonds. The van der Waals surface area contributed by atoms with Gasteiger partial charge in [0.05, 0.1) is 5.75 Å². The van der Waals surface area contributed by atoms with Crippen LogP contribution in [0, 0.1) is 0 Å². The van der Waals surface area contributed by atoms with Crippen LogP contribution in [0.2, 0.25) is 0 Å². The summed E-state index contributed by atoms with van der Waals surface area (Å²) >= 11 is 1.44. The number of fused-ring (bicyclic) bond motifs is 1. The number of carbonyl (C=O) groups excluding carboxylic acids is 1. The number of Topliss-reactive ketones (excluding diaryl/α,β-unsaturated/α-hetero) is 1. The van der Waals surface area contributed by atoms with Gasteiger partial charge in [0.15, 0.2) is 16.8 Å². The molecule has 0 N–H and O–H groups in total. The summed E-state index contributed by atoms with van der Waals surface area (Å²) in [6, 6.07) is 16.2. The zero-order valence-corrected chi connectivity index (χ0v) is 15.6. The number of nitrogens with zero attached hydrogens (tertiary/aromatic N) is 3. The molecule has 132 valence electrons. The monoisotopic (exact) mass is 363 g/mol. The van der Waals surface area contributed by atoms with Crippen molar-refractivity contribution in [1.82, 2.24) is 14.8 Å². The molecule has 4 nitrogen and oxygen atoms in total. The summed E-state index contributed by atoms with van der Waals surface area (Å²) in [6.07, 6.45) is 4.71. The number of rotatable bonds is 5. The van der Waals surface area contributed by atoms with Gasteiger partial charge in [-0.05, 0) is 42.9 Å². The number of hydrogen-bond donors (Lipinski definition) is 0. The highest BCUT2D eigenvalue weighted by Gasteiger charge is 2.16. The number of hydrogen-bond acceptors (Lipinski definition) is 4. The van der Waals surface area contributed by atoms with E-state index in [9.17, 15) is 4.79 Å². The minimum Gasteiger partial charge on any atom is -0.305 e. The Labute approximate surface area is 157 Å². The first-order valence-corrected chi connectivity index (χ1v) is 9.93. The van der Waals surface area contributed by atoms with Crippen molar-refractivity contribution in [2.75, 3.05) is 5.75 Å². The van der Waals surface area contributed by atoms with E-state index >= 15 is 0 Å². The lowest BCUT2D eigenvalue weighted by Gasteiger charge is -2.16. The lowest BCUT2D eigenvalue weighted by molar-refractivity contribution is 0.102. The van der Waals surface area contributed by atoms with E-state index in [-0.39, 0.29) is 5.78 Å². The molecule has 1 aliphatic carbocycles. The van der Waals surface area contributed by atoms with Crippen LogP contribution in [-0.2, 0) is 19.9 Å². The van der Waals surface area contributed by atoms with Gasteiger partial charge in [-0.25, -0.2) is 0 Å². The molecule has 0 spiro atoms. The second-order valence-electron chi connectivity index (χ2n) is 6.63. The largest absolute Gasteiger partial charge is 0.305 e. The van der Waals surface area contributed by atoms with Crippen LogP contribution in [0.4, 0.5) is 0 Å². The van der Waals surface area contributed by atoms with Crippen LogP contribution < -0.4 is 0 Å². The highest BCUT2D eigenvalue weighted by atomic mass is 32.2. The van der Waals surface area contributed by atoms with Crippen molar-refractivity contribution < 1.29 is 4.79 Å². The molecule has 1 heterocycles. The third-order valence-electron chi connectivity index (χ3n) is 4.87. The Hall–Kier alpha value is -2.40. The van der Waals surface area contributed by atoms with Crippen LogP contribution in [0.1, 0.15) is 34.3 Å². The summed E-state index contributed by atoms with van der Waals surface area (Å²) < 4.78 is 1.94. The SMILES string of the molecule is Cn1c(SCC(=O)c2ccc3c(c2)CCCC3)nnc1-c1ccccc1. The van der Waals surface area contributed by atoms with Crippen LogP contribution in [0.5, 0.6) is 0 Å². The molecule has 1 aliphatic rings. The quantitative estimate of drug-likeness (QED) is 0.500. The van der Waals surface area contributed by atoms with Crippen molar-refractivity contribution in [2.24, 2.45) is 7.05 Å². The second kappa shape index (κ2) is 7.46. The molecule has 0 atom stereocenters. The fourth-order valence-corrected chi connectivity index (χ4v) is 4.21. The Kier molecular flexibility index (Phi) is 4.89. The van der Waals surface area contributed by atoms with Gasteiger partial charge in [0.1, 0.15) is 0 Å². The minimum absolute atomic E-state index is 0.146. The van der Waals surface area contributed by atoms with Crippen molar-refractivity contribution in [2.45, 2.75) is 30.8 Å².